The number of nitrogens with zero attached hydrogens (tertiary/aromatic N) is 3. The maximum Gasteiger partial charge on any atom is 0.101 e. The molecule has 0 saturated carbocycles. The fraction of sp³-hybridized carbons (Fsp3) is 0.0909. The molecule has 0 atom stereocenters. The lowest BCUT2D eigenvalue weighted by molar-refractivity contribution is 0.860. The molecule has 1 aromatic carbocycles. The summed E-state index contributed by atoms with van der Waals surface area (Å²) in [6, 6.07) is 9.40. The van der Waals surface area contributed by atoms with Crippen LogP contribution in [0.15, 0.2) is 30.5 Å². The Kier molecular flexibility index (Phi) is 2.14. The van der Waals surface area contributed by atoms with Crippen molar-refractivity contribution in [3.63, 3.8) is 0 Å². The van der Waals surface area contributed by atoms with E-state index in [0.29, 0.717) is 11.3 Å². The third kappa shape index (κ3) is 1.55. The second-order valence-electron chi connectivity index (χ2n) is 3.24. The summed E-state index contributed by atoms with van der Waals surface area (Å²) >= 11 is 0. The minimum Gasteiger partial charge on any atom is -0.396 e. The van der Waals surface area contributed by atoms with Gasteiger partial charge in [-0.25, -0.2) is 4.68 Å². The Labute approximate surface area is 87.6 Å². The fourth-order valence-corrected chi connectivity index (χ4v) is 1.36. The zero-order valence-corrected chi connectivity index (χ0v) is 8.31. The molecule has 0 spiro atoms. The molecule has 15 heavy (non-hydrogen) atoms. The Balaban J connectivity index is 2.59. The van der Waals surface area contributed by atoms with Crippen LogP contribution in [-0.2, 0) is 0 Å². The van der Waals surface area contributed by atoms with E-state index in [-0.39, 0.29) is 0 Å². The summed E-state index contributed by atoms with van der Waals surface area (Å²) in [5.41, 5.74) is 8.43. The lowest BCUT2D eigenvalue weighted by Gasteiger charge is -2.02. The van der Waals surface area contributed by atoms with Gasteiger partial charge in [-0.1, -0.05) is 12.1 Å². The monoisotopic (exact) mass is 198 g/mol. The molecular weight excluding hydrogens is 188 g/mol. The molecule has 4 heteroatoms. The van der Waals surface area contributed by atoms with Crippen LogP contribution in [0.1, 0.15) is 11.3 Å². The summed E-state index contributed by atoms with van der Waals surface area (Å²) in [4.78, 5) is 0. The average molecular weight is 198 g/mol. The van der Waals surface area contributed by atoms with Gasteiger partial charge in [0.1, 0.15) is 6.07 Å². The number of para-hydroxylation sites is 1. The van der Waals surface area contributed by atoms with E-state index >= 15 is 0 Å². The van der Waals surface area contributed by atoms with E-state index in [1.165, 1.54) is 0 Å². The second-order valence-corrected chi connectivity index (χ2v) is 3.24. The van der Waals surface area contributed by atoms with Crippen LogP contribution in [0.5, 0.6) is 0 Å². The molecule has 2 aromatic rings. The smallest absolute Gasteiger partial charge is 0.101 e. The number of hydrogen-bond donors (Lipinski definition) is 1. The Morgan fingerprint density at radius 2 is 2.13 bits per heavy atom. The van der Waals surface area contributed by atoms with Crippen molar-refractivity contribution in [2.45, 2.75) is 6.92 Å². The number of benzene rings is 1. The molecule has 0 amide bonds. The standard InChI is InChI=1S/C11H10N4/c1-8-10(13)7-15(14-8)11-5-3-2-4-9(11)6-12/h2-5,7H,13H2,1H3. The third-order valence-electron chi connectivity index (χ3n) is 2.21. The lowest BCUT2D eigenvalue weighted by atomic mass is 10.2. The Bertz CT molecular complexity index is 514. The van der Waals surface area contributed by atoms with Crippen LogP contribution in [0.4, 0.5) is 5.69 Å². The van der Waals surface area contributed by atoms with Gasteiger partial charge in [-0.2, -0.15) is 10.4 Å². The number of nitriles is 1. The third-order valence-corrected chi connectivity index (χ3v) is 2.21. The molecular formula is C11H10N4. The first-order chi connectivity index (χ1) is 7.22. The largest absolute Gasteiger partial charge is 0.396 e. The van der Waals surface area contributed by atoms with Crippen LogP contribution in [-0.4, -0.2) is 9.78 Å². The average Bonchev–Trinajstić information content (AvgIpc) is 2.59. The Morgan fingerprint density at radius 3 is 2.73 bits per heavy atom. The van der Waals surface area contributed by atoms with Gasteiger partial charge in [0.25, 0.3) is 0 Å². The highest BCUT2D eigenvalue weighted by atomic mass is 15.3. The predicted octanol–water partition coefficient (Wildman–Crippen LogP) is 1.63. The molecule has 1 aromatic heterocycles. The van der Waals surface area contributed by atoms with Crippen LogP contribution in [0.2, 0.25) is 0 Å². The van der Waals surface area contributed by atoms with Crippen molar-refractivity contribution in [2.24, 2.45) is 0 Å². The molecule has 0 unspecified atom stereocenters. The molecule has 0 aliphatic rings. The van der Waals surface area contributed by atoms with Crippen molar-refractivity contribution in [3.8, 4) is 11.8 Å². The van der Waals surface area contributed by atoms with Gasteiger partial charge in [0.15, 0.2) is 0 Å². The van der Waals surface area contributed by atoms with E-state index in [0.717, 1.165) is 11.4 Å². The zero-order chi connectivity index (χ0) is 10.8. The molecule has 0 aliphatic heterocycles. The number of aromatic nitrogens is 2. The number of aryl methyl sites for hydroxylation is 1. The molecule has 4 nitrogen and oxygen atoms in total. The van der Waals surface area contributed by atoms with Crippen molar-refractivity contribution in [3.05, 3.63) is 41.7 Å². The topological polar surface area (TPSA) is 67.6 Å². The lowest BCUT2D eigenvalue weighted by Crippen LogP contribution is -1.97. The number of anilines is 1. The quantitative estimate of drug-likeness (QED) is 0.757. The number of rotatable bonds is 1. The highest BCUT2D eigenvalue weighted by molar-refractivity contribution is 5.51. The predicted molar refractivity (Wildman–Crippen MR) is 57.4 cm³/mol. The highest BCUT2D eigenvalue weighted by Gasteiger charge is 2.06. The van der Waals surface area contributed by atoms with Gasteiger partial charge >= 0.3 is 0 Å². The minimum atomic E-state index is 0.583. The van der Waals surface area contributed by atoms with E-state index < -0.39 is 0 Å². The first-order valence-electron chi connectivity index (χ1n) is 4.53. The van der Waals surface area contributed by atoms with Gasteiger partial charge in [0.2, 0.25) is 0 Å². The SMILES string of the molecule is Cc1nn(-c2ccccc2C#N)cc1N. The van der Waals surface area contributed by atoms with E-state index in [1.807, 2.05) is 25.1 Å². The molecule has 0 aliphatic carbocycles. The molecule has 0 saturated heterocycles. The summed E-state index contributed by atoms with van der Waals surface area (Å²) in [6.45, 7) is 1.83. The van der Waals surface area contributed by atoms with Gasteiger partial charge in [-0.15, -0.1) is 0 Å². The number of nitrogen functional groups attached to an aromatic ring is 1. The number of nitrogens with two attached hydrogens (primary N) is 1. The Morgan fingerprint density at radius 1 is 1.40 bits per heavy atom. The van der Waals surface area contributed by atoms with Gasteiger partial charge in [-0.3, -0.25) is 0 Å². The van der Waals surface area contributed by atoms with E-state index in [1.54, 1.807) is 16.9 Å². The van der Waals surface area contributed by atoms with Crippen LogP contribution < -0.4 is 5.73 Å². The Hall–Kier alpha value is -2.28. The van der Waals surface area contributed by atoms with Gasteiger partial charge in [0.05, 0.1) is 28.8 Å². The molecule has 2 N–H and O–H groups in total. The number of hydrogen-bond acceptors (Lipinski definition) is 3. The molecule has 2 rings (SSSR count). The van der Waals surface area contributed by atoms with Crippen molar-refractivity contribution in [1.82, 2.24) is 9.78 Å². The maximum atomic E-state index is 8.93. The first-order valence-corrected chi connectivity index (χ1v) is 4.53. The van der Waals surface area contributed by atoms with Gasteiger partial charge in [0, 0.05) is 0 Å². The van der Waals surface area contributed by atoms with Crippen molar-refractivity contribution >= 4 is 5.69 Å². The molecule has 0 bridgehead atoms. The fourth-order valence-electron chi connectivity index (χ4n) is 1.36. The van der Waals surface area contributed by atoms with Gasteiger partial charge < -0.3 is 5.73 Å². The summed E-state index contributed by atoms with van der Waals surface area (Å²) in [7, 11) is 0. The van der Waals surface area contributed by atoms with E-state index in [2.05, 4.69) is 11.2 Å². The van der Waals surface area contributed by atoms with Crippen molar-refractivity contribution < 1.29 is 0 Å². The molecule has 74 valence electrons. The minimum absolute atomic E-state index is 0.583. The summed E-state index contributed by atoms with van der Waals surface area (Å²) in [6.07, 6.45) is 1.71. The van der Waals surface area contributed by atoms with Crippen LogP contribution in [0, 0.1) is 18.3 Å². The van der Waals surface area contributed by atoms with Gasteiger partial charge in [-0.05, 0) is 19.1 Å². The van der Waals surface area contributed by atoms with Crippen LogP contribution >= 0.6 is 0 Å². The molecule has 0 radical (unpaired) electrons. The van der Waals surface area contributed by atoms with E-state index in [9.17, 15) is 0 Å². The van der Waals surface area contributed by atoms with Crippen molar-refractivity contribution in [1.29, 1.82) is 5.26 Å². The van der Waals surface area contributed by atoms with Crippen LogP contribution in [0.25, 0.3) is 5.69 Å². The van der Waals surface area contributed by atoms with Crippen molar-refractivity contribution in [2.75, 3.05) is 5.73 Å². The van der Waals surface area contributed by atoms with Crippen LogP contribution in [0.3, 0.4) is 0 Å². The molecule has 1 heterocycles. The molecule has 0 fully saturated rings. The summed E-state index contributed by atoms with van der Waals surface area (Å²) in [5, 5.41) is 13.2. The van der Waals surface area contributed by atoms with E-state index in [4.69, 9.17) is 11.0 Å². The first kappa shape index (κ1) is 9.28. The second kappa shape index (κ2) is 3.46. The normalized spacial score (nSPS) is 9.87. The summed E-state index contributed by atoms with van der Waals surface area (Å²) in [5.74, 6) is 0. The highest BCUT2D eigenvalue weighted by Crippen LogP contribution is 2.16. The maximum absolute atomic E-state index is 8.93. The summed E-state index contributed by atoms with van der Waals surface area (Å²) < 4.78 is 1.63. The zero-order valence-electron chi connectivity index (χ0n) is 8.31.